The number of benzene rings is 1. The molecular formula is C14H22N2O5S. The zero-order chi connectivity index (χ0) is 16.8. The molecule has 1 rings (SSSR count). The van der Waals surface area contributed by atoms with Crippen LogP contribution >= 0.6 is 0 Å². The van der Waals surface area contributed by atoms with Gasteiger partial charge in [-0.15, -0.1) is 0 Å². The molecule has 0 heterocycles. The molecule has 1 aromatic rings. The molecule has 1 amide bonds. The van der Waals surface area contributed by atoms with Crippen LogP contribution in [0.1, 0.15) is 20.8 Å². The fourth-order valence-electron chi connectivity index (χ4n) is 1.58. The Hall–Kier alpha value is -1.80. The summed E-state index contributed by atoms with van der Waals surface area (Å²) in [5.74, 6) is 0.259. The van der Waals surface area contributed by atoms with Crippen molar-refractivity contribution in [2.45, 2.75) is 31.3 Å². The van der Waals surface area contributed by atoms with Crippen molar-refractivity contribution in [1.29, 1.82) is 0 Å². The average Bonchev–Trinajstić information content (AvgIpc) is 2.41. The van der Waals surface area contributed by atoms with Crippen LogP contribution in [-0.4, -0.2) is 40.3 Å². The van der Waals surface area contributed by atoms with Crippen LogP contribution < -0.4 is 14.8 Å². The smallest absolute Gasteiger partial charge is 0.407 e. The van der Waals surface area contributed by atoms with E-state index >= 15 is 0 Å². The third kappa shape index (κ3) is 5.90. The van der Waals surface area contributed by atoms with Crippen molar-refractivity contribution in [1.82, 2.24) is 10.0 Å². The van der Waals surface area contributed by atoms with Crippen molar-refractivity contribution < 1.29 is 22.7 Å². The second kappa shape index (κ2) is 7.46. The van der Waals surface area contributed by atoms with E-state index in [1.165, 1.54) is 13.2 Å². The van der Waals surface area contributed by atoms with E-state index in [1.807, 2.05) is 0 Å². The fraction of sp³-hybridized carbons (Fsp3) is 0.500. The van der Waals surface area contributed by atoms with Gasteiger partial charge in [-0.05, 0) is 32.9 Å². The summed E-state index contributed by atoms with van der Waals surface area (Å²) in [7, 11) is -2.30. The van der Waals surface area contributed by atoms with Crippen LogP contribution in [0.5, 0.6) is 5.75 Å². The van der Waals surface area contributed by atoms with Crippen LogP contribution in [0.3, 0.4) is 0 Å². The third-order valence-electron chi connectivity index (χ3n) is 2.44. The summed E-state index contributed by atoms with van der Waals surface area (Å²) < 4.78 is 36.8. The van der Waals surface area contributed by atoms with Crippen molar-refractivity contribution in [3.8, 4) is 5.75 Å². The maximum Gasteiger partial charge on any atom is 0.407 e. The number of nitrogens with one attached hydrogen (secondary N) is 2. The molecule has 0 fully saturated rings. The second-order valence-corrected chi connectivity index (χ2v) is 7.21. The first-order valence-corrected chi connectivity index (χ1v) is 8.23. The van der Waals surface area contributed by atoms with Gasteiger partial charge in [-0.2, -0.15) is 0 Å². The molecule has 0 aliphatic heterocycles. The Bertz CT molecular complexity index is 608. The van der Waals surface area contributed by atoms with E-state index in [0.29, 0.717) is 0 Å². The summed E-state index contributed by atoms with van der Waals surface area (Å²) in [4.78, 5) is 11.5. The number of carbonyl (C=O) groups excluding carboxylic acids is 1. The van der Waals surface area contributed by atoms with Gasteiger partial charge in [-0.3, -0.25) is 0 Å². The Morgan fingerprint density at radius 1 is 1.18 bits per heavy atom. The number of sulfonamides is 1. The van der Waals surface area contributed by atoms with Gasteiger partial charge in [0.15, 0.2) is 0 Å². The van der Waals surface area contributed by atoms with Crippen LogP contribution in [0.4, 0.5) is 4.79 Å². The molecule has 8 heteroatoms. The molecule has 0 aliphatic rings. The van der Waals surface area contributed by atoms with Gasteiger partial charge in [0.1, 0.15) is 16.2 Å². The van der Waals surface area contributed by atoms with Crippen molar-refractivity contribution >= 4 is 16.1 Å². The van der Waals surface area contributed by atoms with Crippen LogP contribution in [-0.2, 0) is 14.8 Å². The Morgan fingerprint density at radius 2 is 1.82 bits per heavy atom. The molecule has 0 aliphatic carbocycles. The minimum Gasteiger partial charge on any atom is -0.495 e. The maximum absolute atomic E-state index is 12.2. The maximum atomic E-state index is 12.2. The van der Waals surface area contributed by atoms with E-state index in [2.05, 4.69) is 10.0 Å². The van der Waals surface area contributed by atoms with E-state index < -0.39 is 21.7 Å². The molecule has 7 nitrogen and oxygen atoms in total. The van der Waals surface area contributed by atoms with Gasteiger partial charge in [0.05, 0.1) is 7.11 Å². The van der Waals surface area contributed by atoms with Crippen molar-refractivity contribution in [3.05, 3.63) is 24.3 Å². The molecular weight excluding hydrogens is 308 g/mol. The van der Waals surface area contributed by atoms with E-state index in [9.17, 15) is 13.2 Å². The van der Waals surface area contributed by atoms with Gasteiger partial charge in [-0.1, -0.05) is 12.1 Å². The standard InChI is InChI=1S/C14H22N2O5S/c1-14(2,3)21-13(17)15-9-10-16-22(18,19)12-8-6-5-7-11(12)20-4/h5-8,16H,9-10H2,1-4H3,(H,15,17). The molecule has 22 heavy (non-hydrogen) atoms. The zero-order valence-corrected chi connectivity index (χ0v) is 14.0. The highest BCUT2D eigenvalue weighted by atomic mass is 32.2. The molecule has 124 valence electrons. The molecule has 0 atom stereocenters. The SMILES string of the molecule is COc1ccccc1S(=O)(=O)NCCNC(=O)OC(C)(C)C. The largest absolute Gasteiger partial charge is 0.495 e. The topological polar surface area (TPSA) is 93.7 Å². The molecule has 1 aromatic carbocycles. The number of ether oxygens (including phenoxy) is 2. The molecule has 0 aromatic heterocycles. The van der Waals surface area contributed by atoms with E-state index in [1.54, 1.807) is 39.0 Å². The lowest BCUT2D eigenvalue weighted by Crippen LogP contribution is -2.37. The van der Waals surface area contributed by atoms with Crippen LogP contribution in [0.2, 0.25) is 0 Å². The Kier molecular flexibility index (Phi) is 6.19. The Labute approximate surface area is 131 Å². The number of hydrogen-bond acceptors (Lipinski definition) is 5. The monoisotopic (exact) mass is 330 g/mol. The number of rotatable bonds is 6. The summed E-state index contributed by atoms with van der Waals surface area (Å²) in [6.45, 7) is 5.40. The molecule has 0 saturated carbocycles. The third-order valence-corrected chi connectivity index (χ3v) is 3.94. The minimum atomic E-state index is -3.70. The number of methoxy groups -OCH3 is 1. The summed E-state index contributed by atoms with van der Waals surface area (Å²) in [6.07, 6.45) is -0.594. The fourth-order valence-corrected chi connectivity index (χ4v) is 2.78. The first-order chi connectivity index (χ1) is 10.2. The quantitative estimate of drug-likeness (QED) is 0.771. The van der Waals surface area contributed by atoms with Gasteiger partial charge in [0.25, 0.3) is 0 Å². The normalized spacial score (nSPS) is 11.8. The Balaban J connectivity index is 2.52. The predicted molar refractivity (Wildman–Crippen MR) is 82.4 cm³/mol. The lowest BCUT2D eigenvalue weighted by molar-refractivity contribution is 0.0529. The number of hydrogen-bond donors (Lipinski definition) is 2. The number of amides is 1. The highest BCUT2D eigenvalue weighted by Gasteiger charge is 2.19. The van der Waals surface area contributed by atoms with Crippen LogP contribution in [0, 0.1) is 0 Å². The van der Waals surface area contributed by atoms with Crippen molar-refractivity contribution in [2.24, 2.45) is 0 Å². The summed E-state index contributed by atoms with van der Waals surface area (Å²) in [6, 6.07) is 6.30. The average molecular weight is 330 g/mol. The first-order valence-electron chi connectivity index (χ1n) is 6.75. The molecule has 0 radical (unpaired) electrons. The van der Waals surface area contributed by atoms with Crippen molar-refractivity contribution in [2.75, 3.05) is 20.2 Å². The lowest BCUT2D eigenvalue weighted by atomic mass is 10.2. The molecule has 0 bridgehead atoms. The summed E-state index contributed by atoms with van der Waals surface area (Å²) in [5.41, 5.74) is -0.596. The van der Waals surface area contributed by atoms with Gasteiger partial charge >= 0.3 is 6.09 Å². The second-order valence-electron chi connectivity index (χ2n) is 5.48. The van der Waals surface area contributed by atoms with E-state index in [4.69, 9.17) is 9.47 Å². The molecule has 2 N–H and O–H groups in total. The number of alkyl carbamates (subject to hydrolysis) is 1. The lowest BCUT2D eigenvalue weighted by Gasteiger charge is -2.19. The van der Waals surface area contributed by atoms with Crippen molar-refractivity contribution in [3.63, 3.8) is 0 Å². The molecule has 0 spiro atoms. The highest BCUT2D eigenvalue weighted by molar-refractivity contribution is 7.89. The number of carbonyl (C=O) groups is 1. The number of para-hydroxylation sites is 1. The minimum absolute atomic E-state index is 0.0413. The highest BCUT2D eigenvalue weighted by Crippen LogP contribution is 2.22. The predicted octanol–water partition coefficient (Wildman–Crippen LogP) is 1.50. The van der Waals surface area contributed by atoms with Crippen LogP contribution in [0.25, 0.3) is 0 Å². The van der Waals surface area contributed by atoms with E-state index in [0.717, 1.165) is 0 Å². The van der Waals surface area contributed by atoms with Gasteiger partial charge in [0.2, 0.25) is 10.0 Å². The first kappa shape index (κ1) is 18.2. The van der Waals surface area contributed by atoms with E-state index in [-0.39, 0.29) is 23.7 Å². The Morgan fingerprint density at radius 3 is 2.41 bits per heavy atom. The summed E-state index contributed by atoms with van der Waals surface area (Å²) in [5, 5.41) is 2.47. The summed E-state index contributed by atoms with van der Waals surface area (Å²) >= 11 is 0. The van der Waals surface area contributed by atoms with Crippen LogP contribution in [0.15, 0.2) is 29.2 Å². The zero-order valence-electron chi connectivity index (χ0n) is 13.2. The van der Waals surface area contributed by atoms with Gasteiger partial charge in [0, 0.05) is 13.1 Å². The molecule has 0 unspecified atom stereocenters. The molecule has 0 saturated heterocycles. The van der Waals surface area contributed by atoms with Gasteiger partial charge in [-0.25, -0.2) is 17.9 Å². The van der Waals surface area contributed by atoms with Gasteiger partial charge < -0.3 is 14.8 Å².